The first-order valence-electron chi connectivity index (χ1n) is 7.41. The summed E-state index contributed by atoms with van der Waals surface area (Å²) in [6.45, 7) is 12.6. The highest BCUT2D eigenvalue weighted by molar-refractivity contribution is 5.20. The summed E-state index contributed by atoms with van der Waals surface area (Å²) in [7, 11) is 0. The minimum atomic E-state index is -0.678. The Kier molecular flexibility index (Phi) is 5.75. The summed E-state index contributed by atoms with van der Waals surface area (Å²) < 4.78 is 0. The van der Waals surface area contributed by atoms with E-state index in [4.69, 9.17) is 5.73 Å². The summed E-state index contributed by atoms with van der Waals surface area (Å²) in [5, 5.41) is 10.00. The molecule has 1 unspecified atom stereocenters. The lowest BCUT2D eigenvalue weighted by molar-refractivity contribution is 0.0227. The summed E-state index contributed by atoms with van der Waals surface area (Å²) in [5.41, 5.74) is 6.88. The third kappa shape index (κ3) is 5.23. The molecule has 1 aromatic rings. The maximum absolute atomic E-state index is 10.00. The van der Waals surface area contributed by atoms with Crippen LogP contribution in [0.4, 0.5) is 0 Å². The average molecular weight is 278 g/mol. The molecule has 114 valence electrons. The van der Waals surface area contributed by atoms with Crippen LogP contribution in [0.25, 0.3) is 0 Å². The van der Waals surface area contributed by atoms with Gasteiger partial charge in [-0.3, -0.25) is 0 Å². The van der Waals surface area contributed by atoms with Gasteiger partial charge in [-0.25, -0.2) is 0 Å². The molecule has 20 heavy (non-hydrogen) atoms. The van der Waals surface area contributed by atoms with Gasteiger partial charge >= 0.3 is 0 Å². The summed E-state index contributed by atoms with van der Waals surface area (Å²) in [6, 6.07) is 10.2. The van der Waals surface area contributed by atoms with Crippen molar-refractivity contribution in [1.29, 1.82) is 0 Å². The van der Waals surface area contributed by atoms with E-state index in [0.29, 0.717) is 6.54 Å². The fraction of sp³-hybridized carbons (Fsp3) is 0.647. The SMILES string of the molecule is CCN(CC(C)(C)O)CC(C)(C)C(N)c1ccccc1. The topological polar surface area (TPSA) is 49.5 Å². The highest BCUT2D eigenvalue weighted by Crippen LogP contribution is 2.32. The maximum Gasteiger partial charge on any atom is 0.0718 e. The Morgan fingerprint density at radius 2 is 1.65 bits per heavy atom. The molecule has 0 aliphatic rings. The number of benzene rings is 1. The molecule has 3 heteroatoms. The second-order valence-corrected chi connectivity index (χ2v) is 6.99. The van der Waals surface area contributed by atoms with Crippen molar-refractivity contribution in [2.45, 2.75) is 46.3 Å². The fourth-order valence-electron chi connectivity index (χ4n) is 2.61. The molecular weight excluding hydrogens is 248 g/mol. The molecule has 1 aromatic carbocycles. The lowest BCUT2D eigenvalue weighted by Gasteiger charge is -2.38. The van der Waals surface area contributed by atoms with Gasteiger partial charge in [0, 0.05) is 19.1 Å². The van der Waals surface area contributed by atoms with Gasteiger partial charge in [0.1, 0.15) is 0 Å². The normalized spacial score (nSPS) is 14.6. The van der Waals surface area contributed by atoms with E-state index in [1.807, 2.05) is 32.0 Å². The molecule has 0 radical (unpaired) electrons. The second kappa shape index (κ2) is 6.70. The largest absolute Gasteiger partial charge is 0.389 e. The monoisotopic (exact) mass is 278 g/mol. The van der Waals surface area contributed by atoms with Crippen LogP contribution in [-0.2, 0) is 0 Å². The number of nitrogens with zero attached hydrogens (tertiary/aromatic N) is 1. The zero-order valence-corrected chi connectivity index (χ0v) is 13.6. The van der Waals surface area contributed by atoms with Gasteiger partial charge in [-0.15, -0.1) is 0 Å². The molecule has 1 rings (SSSR count). The minimum absolute atomic E-state index is 0.0143. The Labute approximate surface area is 123 Å². The van der Waals surface area contributed by atoms with E-state index in [9.17, 15) is 5.11 Å². The van der Waals surface area contributed by atoms with Crippen LogP contribution < -0.4 is 5.73 Å². The predicted octanol–water partition coefficient (Wildman–Crippen LogP) is 2.81. The van der Waals surface area contributed by atoms with E-state index in [0.717, 1.165) is 18.7 Å². The van der Waals surface area contributed by atoms with Gasteiger partial charge in [-0.1, -0.05) is 51.1 Å². The van der Waals surface area contributed by atoms with Gasteiger partial charge in [0.25, 0.3) is 0 Å². The van der Waals surface area contributed by atoms with E-state index in [1.165, 1.54) is 0 Å². The summed E-state index contributed by atoms with van der Waals surface area (Å²) in [4.78, 5) is 2.27. The molecule has 0 spiro atoms. The number of nitrogens with two attached hydrogens (primary N) is 1. The molecule has 0 bridgehead atoms. The van der Waals surface area contributed by atoms with Crippen LogP contribution in [0.1, 0.15) is 46.2 Å². The summed E-state index contributed by atoms with van der Waals surface area (Å²) in [6.07, 6.45) is 0. The average Bonchev–Trinajstić information content (AvgIpc) is 2.36. The molecule has 0 aromatic heterocycles. The van der Waals surface area contributed by atoms with Crippen LogP contribution in [0.5, 0.6) is 0 Å². The molecule has 0 saturated carbocycles. The van der Waals surface area contributed by atoms with E-state index < -0.39 is 5.60 Å². The van der Waals surface area contributed by atoms with Gasteiger partial charge in [0.2, 0.25) is 0 Å². The van der Waals surface area contributed by atoms with Crippen LogP contribution in [0.15, 0.2) is 30.3 Å². The lowest BCUT2D eigenvalue weighted by Crippen LogP contribution is -2.46. The predicted molar refractivity (Wildman–Crippen MR) is 85.6 cm³/mol. The highest BCUT2D eigenvalue weighted by atomic mass is 16.3. The highest BCUT2D eigenvalue weighted by Gasteiger charge is 2.31. The first kappa shape index (κ1) is 17.2. The van der Waals surface area contributed by atoms with Crippen LogP contribution in [0.2, 0.25) is 0 Å². The van der Waals surface area contributed by atoms with Crippen molar-refractivity contribution in [1.82, 2.24) is 4.90 Å². The summed E-state index contributed by atoms with van der Waals surface area (Å²) >= 11 is 0. The Morgan fingerprint density at radius 3 is 2.10 bits per heavy atom. The molecule has 0 aliphatic heterocycles. The van der Waals surface area contributed by atoms with Crippen LogP contribution in [0.3, 0.4) is 0 Å². The van der Waals surface area contributed by atoms with Gasteiger partial charge in [-0.2, -0.15) is 0 Å². The molecule has 0 heterocycles. The molecule has 3 nitrogen and oxygen atoms in total. The fourth-order valence-corrected chi connectivity index (χ4v) is 2.61. The standard InChI is InChI=1S/C17H30N2O/c1-6-19(13-17(4,5)20)12-16(2,3)15(18)14-10-8-7-9-11-14/h7-11,15,20H,6,12-13,18H2,1-5H3. The molecule has 0 fully saturated rings. The van der Waals surface area contributed by atoms with Crippen molar-refractivity contribution in [2.75, 3.05) is 19.6 Å². The van der Waals surface area contributed by atoms with Crippen molar-refractivity contribution in [3.05, 3.63) is 35.9 Å². The van der Waals surface area contributed by atoms with Gasteiger partial charge < -0.3 is 15.7 Å². The number of rotatable bonds is 7. The Morgan fingerprint density at radius 1 is 1.10 bits per heavy atom. The van der Waals surface area contributed by atoms with E-state index in [-0.39, 0.29) is 11.5 Å². The van der Waals surface area contributed by atoms with Crippen molar-refractivity contribution in [2.24, 2.45) is 11.1 Å². The maximum atomic E-state index is 10.00. The Bertz CT molecular complexity index is 395. The molecule has 1 atom stereocenters. The van der Waals surface area contributed by atoms with Gasteiger partial charge in [-0.05, 0) is 31.4 Å². The third-order valence-electron chi connectivity index (χ3n) is 3.69. The zero-order chi connectivity index (χ0) is 15.4. The molecule has 0 aliphatic carbocycles. The smallest absolute Gasteiger partial charge is 0.0718 e. The minimum Gasteiger partial charge on any atom is -0.389 e. The van der Waals surface area contributed by atoms with Crippen molar-refractivity contribution in [3.8, 4) is 0 Å². The first-order valence-corrected chi connectivity index (χ1v) is 7.41. The van der Waals surface area contributed by atoms with Gasteiger partial charge in [0.15, 0.2) is 0 Å². The zero-order valence-electron chi connectivity index (χ0n) is 13.6. The number of hydrogen-bond donors (Lipinski definition) is 2. The van der Waals surface area contributed by atoms with Crippen molar-refractivity contribution in [3.63, 3.8) is 0 Å². The second-order valence-electron chi connectivity index (χ2n) is 6.99. The van der Waals surface area contributed by atoms with Crippen molar-refractivity contribution < 1.29 is 5.11 Å². The Balaban J connectivity index is 2.77. The van der Waals surface area contributed by atoms with Crippen LogP contribution in [-0.4, -0.2) is 35.2 Å². The summed E-state index contributed by atoms with van der Waals surface area (Å²) in [5.74, 6) is 0. The molecule has 0 saturated heterocycles. The number of hydrogen-bond acceptors (Lipinski definition) is 3. The first-order chi connectivity index (χ1) is 9.15. The van der Waals surface area contributed by atoms with E-state index in [2.05, 4.69) is 37.8 Å². The lowest BCUT2D eigenvalue weighted by atomic mass is 9.80. The Hall–Kier alpha value is -0.900. The molecule has 3 N–H and O–H groups in total. The number of aliphatic hydroxyl groups is 1. The quantitative estimate of drug-likeness (QED) is 0.806. The number of likely N-dealkylation sites (N-methyl/N-ethyl adjacent to an activating group) is 1. The van der Waals surface area contributed by atoms with E-state index >= 15 is 0 Å². The third-order valence-corrected chi connectivity index (χ3v) is 3.69. The van der Waals surface area contributed by atoms with Crippen LogP contribution >= 0.6 is 0 Å². The van der Waals surface area contributed by atoms with E-state index in [1.54, 1.807) is 0 Å². The molecule has 0 amide bonds. The van der Waals surface area contributed by atoms with Crippen molar-refractivity contribution >= 4 is 0 Å². The molecular formula is C17H30N2O. The van der Waals surface area contributed by atoms with Crippen LogP contribution in [0, 0.1) is 5.41 Å². The van der Waals surface area contributed by atoms with Gasteiger partial charge in [0.05, 0.1) is 5.60 Å².